The van der Waals surface area contributed by atoms with Crippen molar-refractivity contribution in [2.45, 2.75) is 0 Å². The third kappa shape index (κ3) is 4.41. The molecule has 0 aromatic rings. The number of halogens is 2. The van der Waals surface area contributed by atoms with Crippen LogP contribution in [0.1, 0.15) is 0 Å². The molecule has 0 heterocycles. The summed E-state index contributed by atoms with van der Waals surface area (Å²) in [6, 6.07) is 0. The van der Waals surface area contributed by atoms with E-state index in [1.54, 1.807) is 0 Å². The lowest BCUT2D eigenvalue weighted by Crippen LogP contribution is -2.09. The Labute approximate surface area is 92.2 Å². The SMILES string of the molecule is C=CC(C(=N)Cl)=C(Cl)NC(=C)SC. The molecule has 0 aromatic carbocycles. The maximum absolute atomic E-state index is 7.16. The highest BCUT2D eigenvalue weighted by Crippen LogP contribution is 2.15. The average molecular weight is 237 g/mol. The van der Waals surface area contributed by atoms with Gasteiger partial charge in [-0.15, -0.1) is 11.8 Å². The quantitative estimate of drug-likeness (QED) is 0.437. The first-order chi connectivity index (χ1) is 6.02. The van der Waals surface area contributed by atoms with Gasteiger partial charge in [0.2, 0.25) is 0 Å². The molecule has 2 nitrogen and oxygen atoms in total. The van der Waals surface area contributed by atoms with Crippen LogP contribution in [0.5, 0.6) is 0 Å². The van der Waals surface area contributed by atoms with Crippen LogP contribution in [0.4, 0.5) is 0 Å². The number of nitrogens with one attached hydrogen (secondary N) is 2. The van der Waals surface area contributed by atoms with E-state index in [-0.39, 0.29) is 10.3 Å². The lowest BCUT2D eigenvalue weighted by atomic mass is 10.3. The Bertz CT molecular complexity index is 271. The van der Waals surface area contributed by atoms with Crippen LogP contribution in [-0.2, 0) is 0 Å². The van der Waals surface area contributed by atoms with Crippen molar-refractivity contribution in [2.75, 3.05) is 6.26 Å². The molecule has 0 saturated heterocycles. The van der Waals surface area contributed by atoms with Crippen LogP contribution in [0.2, 0.25) is 0 Å². The van der Waals surface area contributed by atoms with Crippen LogP contribution >= 0.6 is 35.0 Å². The zero-order chi connectivity index (χ0) is 10.4. The van der Waals surface area contributed by atoms with Crippen molar-refractivity contribution >= 4 is 40.1 Å². The van der Waals surface area contributed by atoms with Gasteiger partial charge in [0, 0.05) is 5.57 Å². The van der Waals surface area contributed by atoms with E-state index in [4.69, 9.17) is 28.6 Å². The molecule has 0 bridgehead atoms. The Morgan fingerprint density at radius 2 is 2.08 bits per heavy atom. The second-order valence-corrected chi connectivity index (χ2v) is 3.66. The highest BCUT2D eigenvalue weighted by atomic mass is 35.5. The fourth-order valence-electron chi connectivity index (χ4n) is 0.516. The molecule has 5 heteroatoms. The summed E-state index contributed by atoms with van der Waals surface area (Å²) in [6.45, 7) is 7.17. The molecular weight excluding hydrogens is 227 g/mol. The summed E-state index contributed by atoms with van der Waals surface area (Å²) < 4.78 is 0. The summed E-state index contributed by atoms with van der Waals surface area (Å²) in [7, 11) is 0. The van der Waals surface area contributed by atoms with Gasteiger partial charge in [-0.05, 0) is 6.26 Å². The number of hydrogen-bond donors (Lipinski definition) is 2. The van der Waals surface area contributed by atoms with Gasteiger partial charge < -0.3 is 5.32 Å². The van der Waals surface area contributed by atoms with Crippen LogP contribution in [0.25, 0.3) is 0 Å². The average Bonchev–Trinajstić information content (AvgIpc) is 2.04. The fraction of sp³-hybridized carbons (Fsp3) is 0.125. The van der Waals surface area contributed by atoms with E-state index in [0.717, 1.165) is 0 Å². The number of rotatable bonds is 5. The molecule has 72 valence electrons. The first-order valence-corrected chi connectivity index (χ1v) is 5.27. The molecule has 0 unspecified atom stereocenters. The van der Waals surface area contributed by atoms with Crippen molar-refractivity contribution in [1.82, 2.24) is 5.32 Å². The van der Waals surface area contributed by atoms with Gasteiger partial charge in [0.25, 0.3) is 0 Å². The third-order valence-corrected chi connectivity index (χ3v) is 2.27. The fourth-order valence-corrected chi connectivity index (χ4v) is 1.28. The first-order valence-electron chi connectivity index (χ1n) is 3.29. The monoisotopic (exact) mass is 236 g/mol. The van der Waals surface area contributed by atoms with E-state index in [1.807, 2.05) is 6.26 Å². The Morgan fingerprint density at radius 3 is 2.38 bits per heavy atom. The summed E-state index contributed by atoms with van der Waals surface area (Å²) in [5.41, 5.74) is 0.360. The Kier molecular flexibility index (Phi) is 5.95. The predicted octanol–water partition coefficient (Wildman–Crippen LogP) is 3.26. The van der Waals surface area contributed by atoms with Crippen LogP contribution < -0.4 is 5.32 Å². The summed E-state index contributed by atoms with van der Waals surface area (Å²) >= 11 is 12.7. The first kappa shape index (κ1) is 12.6. The van der Waals surface area contributed by atoms with E-state index < -0.39 is 0 Å². The molecule has 0 saturated carbocycles. The standard InChI is InChI=1S/C8H10Cl2N2S/c1-4-6(7(9)11)8(10)12-5(2)13-3/h4,11-12H,1-2H2,3H3. The van der Waals surface area contributed by atoms with Gasteiger partial charge in [0.05, 0.1) is 5.03 Å². The van der Waals surface area contributed by atoms with E-state index >= 15 is 0 Å². The maximum atomic E-state index is 7.16. The van der Waals surface area contributed by atoms with Crippen molar-refractivity contribution in [2.24, 2.45) is 0 Å². The van der Waals surface area contributed by atoms with Gasteiger partial charge in [-0.2, -0.15) is 0 Å². The van der Waals surface area contributed by atoms with E-state index in [0.29, 0.717) is 10.6 Å². The largest absolute Gasteiger partial charge is 0.341 e. The van der Waals surface area contributed by atoms with Crippen LogP contribution in [0.15, 0.2) is 35.0 Å². The minimum absolute atomic E-state index is 0.151. The lowest BCUT2D eigenvalue weighted by Gasteiger charge is -2.07. The molecule has 0 aliphatic carbocycles. The molecule has 0 aliphatic rings. The third-order valence-electron chi connectivity index (χ3n) is 1.17. The molecule has 0 rings (SSSR count). The number of hydrogen-bond acceptors (Lipinski definition) is 3. The van der Waals surface area contributed by atoms with Crippen molar-refractivity contribution in [3.8, 4) is 0 Å². The number of allylic oxidation sites excluding steroid dienone is 2. The number of thioether (sulfide) groups is 1. The highest BCUT2D eigenvalue weighted by molar-refractivity contribution is 8.02. The van der Waals surface area contributed by atoms with E-state index in [2.05, 4.69) is 18.5 Å². The van der Waals surface area contributed by atoms with Crippen molar-refractivity contribution in [3.63, 3.8) is 0 Å². The minimum Gasteiger partial charge on any atom is -0.341 e. The predicted molar refractivity (Wildman–Crippen MR) is 62.4 cm³/mol. The molecular formula is C8H10Cl2N2S. The van der Waals surface area contributed by atoms with Crippen molar-refractivity contribution in [1.29, 1.82) is 5.41 Å². The van der Waals surface area contributed by atoms with Crippen molar-refractivity contribution in [3.05, 3.63) is 35.0 Å². The van der Waals surface area contributed by atoms with E-state index in [9.17, 15) is 0 Å². The summed E-state index contributed by atoms with van der Waals surface area (Å²) in [5.74, 6) is 0. The molecule has 0 aromatic heterocycles. The van der Waals surface area contributed by atoms with Gasteiger partial charge in [0.15, 0.2) is 0 Å². The molecule has 0 atom stereocenters. The summed E-state index contributed by atoms with van der Waals surface area (Å²) in [6.07, 6.45) is 3.28. The second-order valence-electron chi connectivity index (χ2n) is 2.00. The Hall–Kier alpha value is -0.380. The summed E-state index contributed by atoms with van der Waals surface area (Å²) in [4.78, 5) is 0. The van der Waals surface area contributed by atoms with Gasteiger partial charge in [0.1, 0.15) is 10.3 Å². The molecule has 0 fully saturated rings. The molecule has 0 aliphatic heterocycles. The van der Waals surface area contributed by atoms with Gasteiger partial charge in [-0.25, -0.2) is 0 Å². The molecule has 0 amide bonds. The molecule has 0 radical (unpaired) electrons. The summed E-state index contributed by atoms with van der Waals surface area (Å²) in [5, 5.41) is 10.7. The minimum atomic E-state index is -0.151. The zero-order valence-electron chi connectivity index (χ0n) is 7.16. The normalized spacial score (nSPS) is 11.6. The van der Waals surface area contributed by atoms with Crippen LogP contribution in [0.3, 0.4) is 0 Å². The van der Waals surface area contributed by atoms with Gasteiger partial charge in [-0.3, -0.25) is 5.41 Å². The molecule has 0 spiro atoms. The van der Waals surface area contributed by atoms with E-state index in [1.165, 1.54) is 17.8 Å². The zero-order valence-corrected chi connectivity index (χ0v) is 9.48. The van der Waals surface area contributed by atoms with Crippen LogP contribution in [-0.4, -0.2) is 11.4 Å². The van der Waals surface area contributed by atoms with Gasteiger partial charge >= 0.3 is 0 Å². The lowest BCUT2D eigenvalue weighted by molar-refractivity contribution is 1.13. The Balaban J connectivity index is 4.67. The maximum Gasteiger partial charge on any atom is 0.131 e. The van der Waals surface area contributed by atoms with Crippen LogP contribution in [0, 0.1) is 5.41 Å². The molecule has 2 N–H and O–H groups in total. The topological polar surface area (TPSA) is 35.9 Å². The second kappa shape index (κ2) is 6.13. The highest BCUT2D eigenvalue weighted by Gasteiger charge is 2.05. The van der Waals surface area contributed by atoms with Gasteiger partial charge in [-0.1, -0.05) is 42.4 Å². The van der Waals surface area contributed by atoms with Crippen molar-refractivity contribution < 1.29 is 0 Å². The smallest absolute Gasteiger partial charge is 0.131 e. The Morgan fingerprint density at radius 1 is 1.54 bits per heavy atom. The molecule has 13 heavy (non-hydrogen) atoms.